The van der Waals surface area contributed by atoms with E-state index in [-0.39, 0.29) is 28.7 Å². The number of amides is 1. The molecule has 1 amide bonds. The van der Waals surface area contributed by atoms with Gasteiger partial charge in [0, 0.05) is 45.0 Å². The van der Waals surface area contributed by atoms with Crippen molar-refractivity contribution in [2.45, 2.75) is 12.3 Å². The first kappa shape index (κ1) is 28.4. The number of benzene rings is 2. The number of nitriles is 1. The number of furan rings is 1. The second kappa shape index (κ2) is 11.1. The molecular formula is C29H23F3N4O6. The molecular weight excluding hydrogens is 557 g/mol. The van der Waals surface area contributed by atoms with Gasteiger partial charge in [0.05, 0.1) is 23.8 Å². The van der Waals surface area contributed by atoms with Crippen molar-refractivity contribution in [3.8, 4) is 45.8 Å². The lowest BCUT2D eigenvalue weighted by Crippen LogP contribution is -2.50. The molecule has 216 valence electrons. The van der Waals surface area contributed by atoms with Crippen LogP contribution in [0.25, 0.3) is 33.6 Å². The molecule has 10 nitrogen and oxygen atoms in total. The van der Waals surface area contributed by atoms with E-state index in [9.17, 15) is 28.0 Å². The van der Waals surface area contributed by atoms with Crippen LogP contribution in [0, 0.1) is 11.3 Å². The van der Waals surface area contributed by atoms with Gasteiger partial charge in [0.2, 0.25) is 0 Å². The molecule has 2 aromatic carbocycles. The van der Waals surface area contributed by atoms with Crippen LogP contribution in [0.5, 0.6) is 17.2 Å². The van der Waals surface area contributed by atoms with Gasteiger partial charge < -0.3 is 28.8 Å². The molecule has 1 saturated heterocycles. The van der Waals surface area contributed by atoms with E-state index >= 15 is 0 Å². The van der Waals surface area contributed by atoms with E-state index in [1.807, 2.05) is 0 Å². The zero-order chi connectivity index (χ0) is 30.2. The van der Waals surface area contributed by atoms with Crippen LogP contribution in [0.15, 0.2) is 53.1 Å². The van der Waals surface area contributed by atoms with Crippen molar-refractivity contribution < 1.29 is 41.4 Å². The number of carbonyl (C=O) groups is 2. The van der Waals surface area contributed by atoms with Crippen LogP contribution < -0.4 is 19.5 Å². The van der Waals surface area contributed by atoms with E-state index in [4.69, 9.17) is 13.9 Å². The maximum absolute atomic E-state index is 13.1. The fourth-order valence-corrected chi connectivity index (χ4v) is 4.33. The van der Waals surface area contributed by atoms with Gasteiger partial charge in [-0.3, -0.25) is 9.78 Å². The van der Waals surface area contributed by atoms with E-state index in [1.54, 1.807) is 30.5 Å². The summed E-state index contributed by atoms with van der Waals surface area (Å²) in [6.45, 7) is 1.38. The SMILES string of the molecule is COc1c(-c2cc3nccc(-c4ccc(OC5CNC5)c(C#N)c4)c3o2)ccc(C(=O)N(C)C)c1OC(=O)C(F)(F)F. The molecule has 2 aromatic heterocycles. The second-order valence-electron chi connectivity index (χ2n) is 9.51. The van der Waals surface area contributed by atoms with Crippen molar-refractivity contribution >= 4 is 23.0 Å². The van der Waals surface area contributed by atoms with Crippen LogP contribution in [-0.2, 0) is 4.79 Å². The Morgan fingerprint density at radius 2 is 1.86 bits per heavy atom. The summed E-state index contributed by atoms with van der Waals surface area (Å²) in [4.78, 5) is 30.0. The van der Waals surface area contributed by atoms with Crippen molar-refractivity contribution in [3.63, 3.8) is 0 Å². The Labute approximate surface area is 237 Å². The molecule has 1 aliphatic heterocycles. The minimum absolute atomic E-state index is 0.0158. The highest BCUT2D eigenvalue weighted by atomic mass is 19.4. The molecule has 0 unspecified atom stereocenters. The molecule has 1 aliphatic rings. The van der Waals surface area contributed by atoms with Gasteiger partial charge in [-0.2, -0.15) is 18.4 Å². The first-order chi connectivity index (χ1) is 20.0. The number of pyridine rings is 1. The van der Waals surface area contributed by atoms with Crippen LogP contribution in [0.4, 0.5) is 13.2 Å². The van der Waals surface area contributed by atoms with Crippen molar-refractivity contribution in [2.75, 3.05) is 34.3 Å². The first-order valence-corrected chi connectivity index (χ1v) is 12.5. The van der Waals surface area contributed by atoms with Gasteiger partial charge in [0.25, 0.3) is 5.91 Å². The smallest absolute Gasteiger partial charge is 0.491 e. The van der Waals surface area contributed by atoms with Gasteiger partial charge in [-0.25, -0.2) is 4.79 Å². The Balaban J connectivity index is 1.61. The van der Waals surface area contributed by atoms with E-state index in [0.717, 1.165) is 12.0 Å². The van der Waals surface area contributed by atoms with Gasteiger partial charge in [0.1, 0.15) is 29.2 Å². The monoisotopic (exact) mass is 580 g/mol. The van der Waals surface area contributed by atoms with Gasteiger partial charge in [0.15, 0.2) is 17.1 Å². The van der Waals surface area contributed by atoms with Crippen molar-refractivity contribution in [3.05, 3.63) is 59.8 Å². The van der Waals surface area contributed by atoms with Crippen LogP contribution >= 0.6 is 0 Å². The summed E-state index contributed by atoms with van der Waals surface area (Å²) in [7, 11) is 3.95. The number of halogens is 3. The number of esters is 1. The second-order valence-corrected chi connectivity index (χ2v) is 9.51. The number of methoxy groups -OCH3 is 1. The minimum atomic E-state index is -5.32. The number of hydrogen-bond donors (Lipinski definition) is 1. The molecule has 0 bridgehead atoms. The van der Waals surface area contributed by atoms with Crippen molar-refractivity contribution in [1.29, 1.82) is 5.26 Å². The maximum Gasteiger partial charge on any atom is 0.491 e. The lowest BCUT2D eigenvalue weighted by atomic mass is 10.0. The standard InChI is InChI=1S/C29H23F3N4O6/c1-36(2)27(37)20-6-5-19(25(39-3)26(20)42-28(38)29(30,31)32)23-11-21-24(41-23)18(8-9-35-21)15-4-7-22(16(10-15)12-33)40-17-13-34-14-17/h4-11,17,34H,13-14H2,1-3H3. The Morgan fingerprint density at radius 3 is 2.48 bits per heavy atom. The molecule has 0 spiro atoms. The summed E-state index contributed by atoms with van der Waals surface area (Å²) >= 11 is 0. The highest BCUT2D eigenvalue weighted by Gasteiger charge is 2.43. The molecule has 5 rings (SSSR count). The van der Waals surface area contributed by atoms with E-state index in [0.29, 0.717) is 46.6 Å². The number of rotatable bonds is 7. The molecule has 13 heteroatoms. The molecule has 0 radical (unpaired) electrons. The summed E-state index contributed by atoms with van der Waals surface area (Å²) in [5, 5.41) is 12.8. The molecule has 3 heterocycles. The summed E-state index contributed by atoms with van der Waals surface area (Å²) in [6, 6.07) is 13.1. The third kappa shape index (κ3) is 5.31. The van der Waals surface area contributed by atoms with E-state index in [2.05, 4.69) is 21.1 Å². The number of nitrogens with zero attached hydrogens (tertiary/aromatic N) is 3. The molecule has 1 N–H and O–H groups in total. The minimum Gasteiger partial charge on any atom is -0.492 e. The number of hydrogen-bond acceptors (Lipinski definition) is 9. The fourth-order valence-electron chi connectivity index (χ4n) is 4.33. The maximum atomic E-state index is 13.1. The van der Waals surface area contributed by atoms with Crippen LogP contribution in [-0.4, -0.2) is 68.3 Å². The van der Waals surface area contributed by atoms with Crippen molar-refractivity contribution in [2.24, 2.45) is 0 Å². The van der Waals surface area contributed by atoms with E-state index < -0.39 is 23.8 Å². The summed E-state index contributed by atoms with van der Waals surface area (Å²) < 4.78 is 61.4. The van der Waals surface area contributed by atoms with Crippen LogP contribution in [0.1, 0.15) is 15.9 Å². The Kier molecular flexibility index (Phi) is 7.49. The van der Waals surface area contributed by atoms with Gasteiger partial charge >= 0.3 is 12.1 Å². The average molecular weight is 581 g/mol. The fraction of sp³-hybridized carbons (Fsp3) is 0.241. The summed E-state index contributed by atoms with van der Waals surface area (Å²) in [5.74, 6) is -3.69. The highest BCUT2D eigenvalue weighted by Crippen LogP contribution is 2.44. The number of aromatic nitrogens is 1. The average Bonchev–Trinajstić information content (AvgIpc) is 3.38. The quantitative estimate of drug-likeness (QED) is 0.247. The van der Waals surface area contributed by atoms with Gasteiger partial charge in [-0.1, -0.05) is 6.07 Å². The molecule has 0 aliphatic carbocycles. The lowest BCUT2D eigenvalue weighted by molar-refractivity contribution is -0.189. The molecule has 4 aromatic rings. The van der Waals surface area contributed by atoms with Crippen molar-refractivity contribution in [1.82, 2.24) is 15.2 Å². The van der Waals surface area contributed by atoms with Gasteiger partial charge in [-0.15, -0.1) is 0 Å². The largest absolute Gasteiger partial charge is 0.492 e. The van der Waals surface area contributed by atoms with E-state index in [1.165, 1.54) is 32.3 Å². The number of carbonyl (C=O) groups excluding carboxylic acids is 2. The highest BCUT2D eigenvalue weighted by molar-refractivity contribution is 6.00. The Hall–Kier alpha value is -5.09. The topological polar surface area (TPSA) is 127 Å². The van der Waals surface area contributed by atoms with Gasteiger partial charge in [-0.05, 0) is 35.9 Å². The lowest BCUT2D eigenvalue weighted by Gasteiger charge is -2.28. The number of ether oxygens (including phenoxy) is 3. The summed E-state index contributed by atoms with van der Waals surface area (Å²) in [6.07, 6.45) is -3.80. The summed E-state index contributed by atoms with van der Waals surface area (Å²) in [5.41, 5.74) is 2.05. The molecule has 42 heavy (non-hydrogen) atoms. The van der Waals surface area contributed by atoms with Crippen LogP contribution in [0.3, 0.4) is 0 Å². The van der Waals surface area contributed by atoms with Crippen LogP contribution in [0.2, 0.25) is 0 Å². The predicted molar refractivity (Wildman–Crippen MR) is 143 cm³/mol. The first-order valence-electron chi connectivity index (χ1n) is 12.5. The predicted octanol–water partition coefficient (Wildman–Crippen LogP) is 4.56. The number of nitrogens with one attached hydrogen (secondary N) is 1. The number of alkyl halides is 3. The Bertz CT molecular complexity index is 1740. The Morgan fingerprint density at radius 1 is 1.10 bits per heavy atom. The zero-order valence-electron chi connectivity index (χ0n) is 22.5. The molecule has 0 saturated carbocycles. The normalized spacial score (nSPS) is 13.3. The third-order valence-corrected chi connectivity index (χ3v) is 6.51. The molecule has 1 fully saturated rings. The third-order valence-electron chi connectivity index (χ3n) is 6.51. The molecule has 0 atom stereocenters. The number of fused-ring (bicyclic) bond motifs is 1. The zero-order valence-corrected chi connectivity index (χ0v) is 22.5.